The Bertz CT molecular complexity index is 778. The molecule has 4 heteroatoms. The molecule has 0 saturated carbocycles. The van der Waals surface area contributed by atoms with Crippen LogP contribution in [0, 0.1) is 6.92 Å². The molecule has 0 aliphatic rings. The third-order valence-corrected chi connectivity index (χ3v) is 3.26. The Morgan fingerprint density at radius 1 is 1.05 bits per heavy atom. The molecule has 0 aliphatic heterocycles. The van der Waals surface area contributed by atoms with Crippen LogP contribution in [0.15, 0.2) is 59.0 Å². The zero-order chi connectivity index (χ0) is 14.7. The van der Waals surface area contributed by atoms with Crippen molar-refractivity contribution in [1.82, 2.24) is 10.2 Å². The fraction of sp³-hybridized carbons (Fsp3) is 0.0588. The lowest BCUT2D eigenvalue weighted by atomic mass is 10.1. The summed E-state index contributed by atoms with van der Waals surface area (Å²) in [5.74, 6) is 0.776. The Hall–Kier alpha value is -2.39. The van der Waals surface area contributed by atoms with Crippen LogP contribution in [0.1, 0.15) is 17.0 Å². The molecule has 1 aromatic heterocycles. The fourth-order valence-corrected chi connectivity index (χ4v) is 2.19. The zero-order valence-electron chi connectivity index (χ0n) is 11.5. The van der Waals surface area contributed by atoms with Gasteiger partial charge in [0.2, 0.25) is 5.89 Å². The van der Waals surface area contributed by atoms with Gasteiger partial charge in [-0.2, -0.15) is 0 Å². The van der Waals surface area contributed by atoms with E-state index in [0.29, 0.717) is 16.8 Å². The molecule has 0 saturated heterocycles. The maximum atomic E-state index is 6.26. The number of aryl methyl sites for hydroxylation is 1. The molecule has 2 aromatic carbocycles. The van der Waals surface area contributed by atoms with Gasteiger partial charge in [0.05, 0.1) is 0 Å². The Labute approximate surface area is 127 Å². The smallest absolute Gasteiger partial charge is 0.259 e. The lowest BCUT2D eigenvalue weighted by molar-refractivity contribution is 0.556. The van der Waals surface area contributed by atoms with E-state index < -0.39 is 0 Å². The summed E-state index contributed by atoms with van der Waals surface area (Å²) in [4.78, 5) is 0. The van der Waals surface area contributed by atoms with Crippen molar-refractivity contribution in [3.63, 3.8) is 0 Å². The monoisotopic (exact) mass is 296 g/mol. The van der Waals surface area contributed by atoms with E-state index in [2.05, 4.69) is 10.2 Å². The fourth-order valence-electron chi connectivity index (χ4n) is 1.99. The zero-order valence-corrected chi connectivity index (χ0v) is 12.2. The van der Waals surface area contributed by atoms with Crippen molar-refractivity contribution >= 4 is 22.7 Å². The van der Waals surface area contributed by atoms with E-state index in [1.165, 1.54) is 5.56 Å². The Balaban J connectivity index is 1.89. The molecule has 0 N–H and O–H groups in total. The van der Waals surface area contributed by atoms with Gasteiger partial charge in [-0.1, -0.05) is 59.6 Å². The number of rotatable bonds is 3. The first-order chi connectivity index (χ1) is 10.2. The second kappa shape index (κ2) is 5.94. The minimum Gasteiger partial charge on any atom is -0.415 e. The maximum Gasteiger partial charge on any atom is 0.259 e. The summed E-state index contributed by atoms with van der Waals surface area (Å²) in [6, 6.07) is 17.6. The molecule has 3 aromatic rings. The standard InChI is InChI=1S/C17H13ClN2O/c1-12-6-5-7-13(10-12)11-15(18)17-20-19-16(21-17)14-8-3-2-4-9-14/h2-11H,1H3/b15-11-. The Kier molecular flexibility index (Phi) is 3.84. The van der Waals surface area contributed by atoms with Gasteiger partial charge in [-0.3, -0.25) is 0 Å². The first-order valence-electron chi connectivity index (χ1n) is 6.55. The number of benzene rings is 2. The van der Waals surface area contributed by atoms with Crippen LogP contribution in [-0.4, -0.2) is 10.2 Å². The largest absolute Gasteiger partial charge is 0.415 e. The normalized spacial score (nSPS) is 11.6. The van der Waals surface area contributed by atoms with Crippen LogP contribution in [-0.2, 0) is 0 Å². The molecule has 0 radical (unpaired) electrons. The average Bonchev–Trinajstić information content (AvgIpc) is 2.98. The summed E-state index contributed by atoms with van der Waals surface area (Å²) in [5, 5.41) is 8.45. The summed E-state index contributed by atoms with van der Waals surface area (Å²) in [6.07, 6.45) is 1.82. The topological polar surface area (TPSA) is 38.9 Å². The molecule has 0 unspecified atom stereocenters. The van der Waals surface area contributed by atoms with Crippen molar-refractivity contribution in [3.05, 3.63) is 71.6 Å². The van der Waals surface area contributed by atoms with Crippen LogP contribution in [0.2, 0.25) is 0 Å². The molecule has 3 nitrogen and oxygen atoms in total. The van der Waals surface area contributed by atoms with Crippen molar-refractivity contribution in [1.29, 1.82) is 0 Å². The van der Waals surface area contributed by atoms with Gasteiger partial charge in [-0.25, -0.2) is 0 Å². The van der Waals surface area contributed by atoms with Crippen molar-refractivity contribution in [2.75, 3.05) is 0 Å². The van der Waals surface area contributed by atoms with Crippen molar-refractivity contribution in [3.8, 4) is 11.5 Å². The molecule has 3 rings (SSSR count). The summed E-state index contributed by atoms with van der Waals surface area (Å²) in [5.41, 5.74) is 3.04. The lowest BCUT2D eigenvalue weighted by Gasteiger charge is -1.97. The van der Waals surface area contributed by atoms with Gasteiger partial charge in [-0.15, -0.1) is 10.2 Å². The van der Waals surface area contributed by atoms with Crippen molar-refractivity contribution < 1.29 is 4.42 Å². The molecular weight excluding hydrogens is 284 g/mol. The van der Waals surface area contributed by atoms with Crippen molar-refractivity contribution in [2.45, 2.75) is 6.92 Å². The summed E-state index contributed by atoms with van der Waals surface area (Å²) >= 11 is 6.26. The highest BCUT2D eigenvalue weighted by Gasteiger charge is 2.10. The van der Waals surface area contributed by atoms with Gasteiger partial charge < -0.3 is 4.42 Å². The number of aromatic nitrogens is 2. The average molecular weight is 297 g/mol. The first kappa shape index (κ1) is 13.6. The van der Waals surface area contributed by atoms with E-state index in [1.807, 2.05) is 67.6 Å². The number of nitrogens with zero attached hydrogens (tertiary/aromatic N) is 2. The number of hydrogen-bond donors (Lipinski definition) is 0. The van der Waals surface area contributed by atoms with Crippen LogP contribution in [0.5, 0.6) is 0 Å². The molecule has 0 bridgehead atoms. The van der Waals surface area contributed by atoms with Crippen LogP contribution < -0.4 is 0 Å². The van der Waals surface area contributed by atoms with E-state index in [1.54, 1.807) is 0 Å². The van der Waals surface area contributed by atoms with Gasteiger partial charge in [-0.05, 0) is 30.7 Å². The Morgan fingerprint density at radius 3 is 2.62 bits per heavy atom. The van der Waals surface area contributed by atoms with Gasteiger partial charge in [0.1, 0.15) is 5.03 Å². The summed E-state index contributed by atoms with van der Waals surface area (Å²) < 4.78 is 5.61. The van der Waals surface area contributed by atoms with E-state index in [-0.39, 0.29) is 0 Å². The second-order valence-corrected chi connectivity index (χ2v) is 5.09. The van der Waals surface area contributed by atoms with Crippen LogP contribution in [0.4, 0.5) is 0 Å². The highest BCUT2D eigenvalue weighted by molar-refractivity contribution is 6.50. The summed E-state index contributed by atoms with van der Waals surface area (Å²) in [7, 11) is 0. The van der Waals surface area contributed by atoms with Gasteiger partial charge in [0, 0.05) is 5.56 Å². The molecule has 0 fully saturated rings. The predicted molar refractivity (Wildman–Crippen MR) is 84.6 cm³/mol. The molecule has 21 heavy (non-hydrogen) atoms. The third kappa shape index (κ3) is 3.20. The molecule has 1 heterocycles. The molecule has 0 atom stereocenters. The van der Waals surface area contributed by atoms with E-state index >= 15 is 0 Å². The summed E-state index contributed by atoms with van der Waals surface area (Å²) in [6.45, 7) is 2.03. The van der Waals surface area contributed by atoms with E-state index in [0.717, 1.165) is 11.1 Å². The van der Waals surface area contributed by atoms with E-state index in [9.17, 15) is 0 Å². The highest BCUT2D eigenvalue weighted by Crippen LogP contribution is 2.25. The maximum absolute atomic E-state index is 6.26. The third-order valence-electron chi connectivity index (χ3n) is 2.99. The lowest BCUT2D eigenvalue weighted by Crippen LogP contribution is -1.79. The highest BCUT2D eigenvalue weighted by atomic mass is 35.5. The SMILES string of the molecule is Cc1cccc(/C=C(\Cl)c2nnc(-c3ccccc3)o2)c1. The minimum atomic E-state index is 0.317. The van der Waals surface area contributed by atoms with Gasteiger partial charge in [0.15, 0.2) is 0 Å². The number of hydrogen-bond acceptors (Lipinski definition) is 3. The van der Waals surface area contributed by atoms with Gasteiger partial charge >= 0.3 is 0 Å². The molecule has 0 aliphatic carbocycles. The van der Waals surface area contributed by atoms with Crippen LogP contribution in [0.3, 0.4) is 0 Å². The first-order valence-corrected chi connectivity index (χ1v) is 6.93. The quantitative estimate of drug-likeness (QED) is 0.698. The van der Waals surface area contributed by atoms with E-state index in [4.69, 9.17) is 16.0 Å². The minimum absolute atomic E-state index is 0.317. The molecule has 0 spiro atoms. The van der Waals surface area contributed by atoms with Crippen LogP contribution in [0.25, 0.3) is 22.6 Å². The molecular formula is C17H13ClN2O. The second-order valence-electron chi connectivity index (χ2n) is 4.68. The van der Waals surface area contributed by atoms with Gasteiger partial charge in [0.25, 0.3) is 5.89 Å². The van der Waals surface area contributed by atoms with Crippen LogP contribution >= 0.6 is 11.6 Å². The predicted octanol–water partition coefficient (Wildman–Crippen LogP) is 4.78. The Morgan fingerprint density at radius 2 is 1.86 bits per heavy atom. The molecule has 104 valence electrons. The van der Waals surface area contributed by atoms with Crippen molar-refractivity contribution in [2.24, 2.45) is 0 Å². The molecule has 0 amide bonds. The number of halogens is 1.